The standard InChI is InChI=1S/C17H20FN3OS/c1-3-11(4-2)14-20-21-16(23-14)19-15(22)17(9-10-17)12-7-5-6-8-13(12)18/h5-8,11H,3-4,9-10H2,1-2H3,(H,19,21,22). The minimum atomic E-state index is -0.744. The van der Waals surface area contributed by atoms with Gasteiger partial charge in [-0.2, -0.15) is 0 Å². The van der Waals surface area contributed by atoms with Crippen LogP contribution in [0, 0.1) is 5.82 Å². The Morgan fingerprint density at radius 2 is 2.00 bits per heavy atom. The van der Waals surface area contributed by atoms with E-state index in [0.717, 1.165) is 17.8 Å². The molecule has 1 aliphatic carbocycles. The van der Waals surface area contributed by atoms with Crippen LogP contribution in [0.1, 0.15) is 56.0 Å². The van der Waals surface area contributed by atoms with Gasteiger partial charge in [-0.3, -0.25) is 10.1 Å². The predicted molar refractivity (Wildman–Crippen MR) is 89.2 cm³/mol. The first-order chi connectivity index (χ1) is 11.1. The Labute approximate surface area is 139 Å². The third-order valence-electron chi connectivity index (χ3n) is 4.57. The van der Waals surface area contributed by atoms with Gasteiger partial charge in [0.15, 0.2) is 0 Å². The lowest BCUT2D eigenvalue weighted by Crippen LogP contribution is -2.28. The molecule has 1 aromatic heterocycles. The molecule has 23 heavy (non-hydrogen) atoms. The van der Waals surface area contributed by atoms with Gasteiger partial charge in [0.25, 0.3) is 0 Å². The van der Waals surface area contributed by atoms with E-state index in [1.807, 2.05) is 0 Å². The zero-order chi connectivity index (χ0) is 16.4. The fourth-order valence-corrected chi connectivity index (χ4v) is 3.90. The second-order valence-electron chi connectivity index (χ2n) is 5.97. The van der Waals surface area contributed by atoms with Crippen molar-refractivity contribution in [3.05, 3.63) is 40.7 Å². The highest BCUT2D eigenvalue weighted by Crippen LogP contribution is 2.50. The Hall–Kier alpha value is -1.82. The molecule has 0 aliphatic heterocycles. The Balaban J connectivity index is 1.76. The SMILES string of the molecule is CCC(CC)c1nnc(NC(=O)C2(c3ccccc3F)CC2)s1. The van der Waals surface area contributed by atoms with Crippen molar-refractivity contribution >= 4 is 22.4 Å². The van der Waals surface area contributed by atoms with Crippen LogP contribution in [-0.2, 0) is 10.2 Å². The molecule has 1 fully saturated rings. The van der Waals surface area contributed by atoms with E-state index in [1.54, 1.807) is 18.2 Å². The van der Waals surface area contributed by atoms with Crippen molar-refractivity contribution < 1.29 is 9.18 Å². The number of nitrogens with zero attached hydrogens (tertiary/aromatic N) is 2. The highest BCUT2D eigenvalue weighted by molar-refractivity contribution is 7.15. The summed E-state index contributed by atoms with van der Waals surface area (Å²) in [7, 11) is 0. The topological polar surface area (TPSA) is 54.9 Å². The molecule has 6 heteroatoms. The molecule has 0 radical (unpaired) electrons. The number of hydrogen-bond donors (Lipinski definition) is 1. The van der Waals surface area contributed by atoms with Crippen molar-refractivity contribution in [3.8, 4) is 0 Å². The quantitative estimate of drug-likeness (QED) is 0.860. The van der Waals surface area contributed by atoms with Gasteiger partial charge in [-0.1, -0.05) is 43.4 Å². The lowest BCUT2D eigenvalue weighted by molar-refractivity contribution is -0.118. The minimum absolute atomic E-state index is 0.185. The third kappa shape index (κ3) is 3.00. The Morgan fingerprint density at radius 1 is 1.30 bits per heavy atom. The number of hydrogen-bond acceptors (Lipinski definition) is 4. The summed E-state index contributed by atoms with van der Waals surface area (Å²) in [5.41, 5.74) is -0.270. The van der Waals surface area contributed by atoms with E-state index in [9.17, 15) is 9.18 Å². The molecule has 1 amide bonds. The van der Waals surface area contributed by atoms with Gasteiger partial charge >= 0.3 is 0 Å². The van der Waals surface area contributed by atoms with E-state index < -0.39 is 5.41 Å². The van der Waals surface area contributed by atoms with E-state index in [2.05, 4.69) is 29.4 Å². The molecule has 1 N–H and O–H groups in total. The molecule has 0 bridgehead atoms. The van der Waals surface area contributed by atoms with Gasteiger partial charge in [-0.25, -0.2) is 4.39 Å². The molecule has 0 saturated heterocycles. The largest absolute Gasteiger partial charge is 0.300 e. The average Bonchev–Trinajstić information content (AvgIpc) is 3.24. The molecular formula is C17H20FN3OS. The van der Waals surface area contributed by atoms with Crippen LogP contribution in [0.2, 0.25) is 0 Å². The highest BCUT2D eigenvalue weighted by Gasteiger charge is 2.52. The lowest BCUT2D eigenvalue weighted by Gasteiger charge is -2.15. The van der Waals surface area contributed by atoms with Gasteiger partial charge < -0.3 is 0 Å². The van der Waals surface area contributed by atoms with Gasteiger partial charge in [0.05, 0.1) is 5.41 Å². The normalized spacial score (nSPS) is 15.7. The van der Waals surface area contributed by atoms with Gasteiger partial charge in [0.2, 0.25) is 11.0 Å². The molecule has 122 valence electrons. The molecule has 0 atom stereocenters. The molecule has 3 rings (SSSR count). The number of amides is 1. The number of carbonyl (C=O) groups excluding carboxylic acids is 1. The van der Waals surface area contributed by atoms with Crippen molar-refractivity contribution in [3.63, 3.8) is 0 Å². The monoisotopic (exact) mass is 333 g/mol. The molecule has 4 nitrogen and oxygen atoms in total. The number of nitrogens with one attached hydrogen (secondary N) is 1. The molecule has 0 spiro atoms. The Kier molecular flexibility index (Phi) is 4.43. The molecule has 0 unspecified atom stereocenters. The maximum absolute atomic E-state index is 14.0. The number of halogens is 1. The number of rotatable bonds is 6. The Morgan fingerprint density at radius 3 is 2.61 bits per heavy atom. The van der Waals surface area contributed by atoms with Crippen LogP contribution < -0.4 is 5.32 Å². The zero-order valence-electron chi connectivity index (χ0n) is 13.3. The Bertz CT molecular complexity index is 707. The van der Waals surface area contributed by atoms with Crippen LogP contribution in [0.4, 0.5) is 9.52 Å². The van der Waals surface area contributed by atoms with Gasteiger partial charge in [0, 0.05) is 11.5 Å². The summed E-state index contributed by atoms with van der Waals surface area (Å²) in [4.78, 5) is 12.6. The van der Waals surface area contributed by atoms with Crippen molar-refractivity contribution in [2.45, 2.75) is 50.9 Å². The first-order valence-corrected chi connectivity index (χ1v) is 8.82. The number of aromatic nitrogens is 2. The molecule has 1 aromatic carbocycles. The summed E-state index contributed by atoms with van der Waals surface area (Å²) >= 11 is 1.41. The predicted octanol–water partition coefficient (Wildman–Crippen LogP) is 4.25. The van der Waals surface area contributed by atoms with Crippen molar-refractivity contribution in [1.82, 2.24) is 10.2 Å². The maximum Gasteiger partial charge on any atom is 0.236 e. The number of carbonyl (C=O) groups is 1. The van der Waals surface area contributed by atoms with Crippen LogP contribution >= 0.6 is 11.3 Å². The van der Waals surface area contributed by atoms with Gasteiger partial charge in [0.1, 0.15) is 10.8 Å². The van der Waals surface area contributed by atoms with Crippen molar-refractivity contribution in [2.75, 3.05) is 5.32 Å². The molecule has 2 aromatic rings. The third-order valence-corrected chi connectivity index (χ3v) is 5.57. The second kappa shape index (κ2) is 6.35. The van der Waals surface area contributed by atoms with Crippen LogP contribution in [0.3, 0.4) is 0 Å². The van der Waals surface area contributed by atoms with Gasteiger partial charge in [-0.15, -0.1) is 10.2 Å². The summed E-state index contributed by atoms with van der Waals surface area (Å²) in [5.74, 6) is -0.135. The van der Waals surface area contributed by atoms with E-state index >= 15 is 0 Å². The van der Waals surface area contributed by atoms with Crippen molar-refractivity contribution in [1.29, 1.82) is 0 Å². The summed E-state index contributed by atoms with van der Waals surface area (Å²) in [5, 5.41) is 12.5. The van der Waals surface area contributed by atoms with Crippen LogP contribution in [0.25, 0.3) is 0 Å². The highest BCUT2D eigenvalue weighted by atomic mass is 32.1. The van der Waals surface area contributed by atoms with Crippen LogP contribution in [0.15, 0.2) is 24.3 Å². The fraction of sp³-hybridized carbons (Fsp3) is 0.471. The number of anilines is 1. The second-order valence-corrected chi connectivity index (χ2v) is 6.98. The first-order valence-electron chi connectivity index (χ1n) is 8.00. The summed E-state index contributed by atoms with van der Waals surface area (Å²) in [6.07, 6.45) is 3.33. The molecule has 1 aliphatic rings. The first kappa shape index (κ1) is 16.1. The minimum Gasteiger partial charge on any atom is -0.300 e. The lowest BCUT2D eigenvalue weighted by atomic mass is 9.94. The zero-order valence-corrected chi connectivity index (χ0v) is 14.1. The van der Waals surface area contributed by atoms with E-state index in [4.69, 9.17) is 0 Å². The van der Waals surface area contributed by atoms with E-state index in [-0.39, 0.29) is 11.7 Å². The molecule has 1 saturated carbocycles. The maximum atomic E-state index is 14.0. The number of benzene rings is 1. The van der Waals surface area contributed by atoms with Crippen LogP contribution in [-0.4, -0.2) is 16.1 Å². The summed E-state index contributed by atoms with van der Waals surface area (Å²) in [6.45, 7) is 4.23. The fourth-order valence-electron chi connectivity index (χ4n) is 2.90. The van der Waals surface area contributed by atoms with Crippen LogP contribution in [0.5, 0.6) is 0 Å². The smallest absolute Gasteiger partial charge is 0.236 e. The van der Waals surface area contributed by atoms with Gasteiger partial charge in [-0.05, 0) is 31.7 Å². The van der Waals surface area contributed by atoms with E-state index in [1.165, 1.54) is 17.4 Å². The van der Waals surface area contributed by atoms with Crippen molar-refractivity contribution in [2.24, 2.45) is 0 Å². The summed E-state index contributed by atoms with van der Waals surface area (Å²) < 4.78 is 14.0. The summed E-state index contributed by atoms with van der Waals surface area (Å²) in [6, 6.07) is 6.50. The molecular weight excluding hydrogens is 313 g/mol. The average molecular weight is 333 g/mol. The molecule has 1 heterocycles. The van der Waals surface area contributed by atoms with E-state index in [0.29, 0.717) is 29.5 Å².